The zero-order valence-corrected chi connectivity index (χ0v) is 5.54. The van der Waals surface area contributed by atoms with Crippen LogP contribution in [0.25, 0.3) is 0 Å². The molecule has 0 fully saturated rings. The number of aliphatic hydroxyl groups is 2. The highest BCUT2D eigenvalue weighted by Crippen LogP contribution is 2.25. The first kappa shape index (κ1) is 8.49. The fourth-order valence-electron chi connectivity index (χ4n) is 0.184. The van der Waals surface area contributed by atoms with Crippen molar-refractivity contribution in [3.05, 3.63) is 0 Å². The third-order valence-electron chi connectivity index (χ3n) is 0.564. The number of aliphatic hydroxyl groups excluding tert-OH is 1. The van der Waals surface area contributed by atoms with Gasteiger partial charge in [-0.05, 0) is 0 Å². The summed E-state index contributed by atoms with van der Waals surface area (Å²) in [6.45, 7) is 0. The van der Waals surface area contributed by atoms with Gasteiger partial charge in [-0.1, -0.05) is 4.57 Å². The predicted octanol–water partition coefficient (Wildman–Crippen LogP) is -0.152. The Morgan fingerprint density at radius 1 is 1.67 bits per heavy atom. The van der Waals surface area contributed by atoms with Crippen LogP contribution in [0.1, 0.15) is 0 Å². The summed E-state index contributed by atoms with van der Waals surface area (Å²) in [6, 6.07) is -2.12. The molecule has 0 spiro atoms. The van der Waals surface area contributed by atoms with Crippen molar-refractivity contribution < 1.29 is 24.3 Å². The van der Waals surface area contributed by atoms with E-state index < -0.39 is 19.5 Å². The van der Waals surface area contributed by atoms with Gasteiger partial charge in [0.1, 0.15) is 0 Å². The Hall–Kier alpha value is -0.510. The molecule has 0 aliphatic heterocycles. The van der Waals surface area contributed by atoms with Crippen LogP contribution in [0.2, 0.25) is 0 Å². The Morgan fingerprint density at radius 3 is 2.22 bits per heavy atom. The summed E-state index contributed by atoms with van der Waals surface area (Å²) in [6.07, 6.45) is 0. The van der Waals surface area contributed by atoms with Crippen LogP contribution in [-0.4, -0.2) is 29.1 Å². The van der Waals surface area contributed by atoms with Crippen molar-refractivity contribution in [2.45, 2.75) is 6.03 Å². The summed E-state index contributed by atoms with van der Waals surface area (Å²) in [5.41, 5.74) is -1.11. The van der Waals surface area contributed by atoms with E-state index in [9.17, 15) is 9.36 Å². The molecule has 0 aliphatic carbocycles. The highest BCUT2D eigenvalue weighted by atomic mass is 31.1. The molecular formula is C3H6O5P+. The molecule has 9 heavy (non-hydrogen) atoms. The molecule has 0 rings (SSSR count). The number of carbonyl (C=O) groups is 1. The zero-order chi connectivity index (χ0) is 7.44. The lowest BCUT2D eigenvalue weighted by atomic mass is 11.5. The van der Waals surface area contributed by atoms with Gasteiger partial charge in [0.15, 0.2) is 0 Å². The summed E-state index contributed by atoms with van der Waals surface area (Å²) in [7, 11) is -1.69. The van der Waals surface area contributed by atoms with Crippen LogP contribution in [0.4, 0.5) is 4.79 Å². The van der Waals surface area contributed by atoms with Gasteiger partial charge in [0.05, 0.1) is 7.11 Å². The van der Waals surface area contributed by atoms with Gasteiger partial charge in [0.2, 0.25) is 0 Å². The van der Waals surface area contributed by atoms with Crippen molar-refractivity contribution in [2.24, 2.45) is 0 Å². The van der Waals surface area contributed by atoms with Gasteiger partial charge in [-0.3, -0.25) is 0 Å². The molecule has 0 heterocycles. The summed E-state index contributed by atoms with van der Waals surface area (Å²) in [4.78, 5) is 10.1. The van der Waals surface area contributed by atoms with Crippen LogP contribution in [0.15, 0.2) is 0 Å². The van der Waals surface area contributed by atoms with E-state index >= 15 is 0 Å². The van der Waals surface area contributed by atoms with E-state index in [-0.39, 0.29) is 0 Å². The second-order valence-corrected chi connectivity index (χ2v) is 2.62. The maximum Gasteiger partial charge on any atom is 0.560 e. The molecule has 1 atom stereocenters. The van der Waals surface area contributed by atoms with Crippen LogP contribution >= 0.6 is 7.80 Å². The van der Waals surface area contributed by atoms with Crippen molar-refractivity contribution in [3.63, 3.8) is 0 Å². The molecule has 0 bridgehead atoms. The van der Waals surface area contributed by atoms with E-state index in [2.05, 4.69) is 4.74 Å². The highest BCUT2D eigenvalue weighted by molar-refractivity contribution is 7.63. The first-order valence-corrected chi connectivity index (χ1v) is 3.33. The maximum absolute atomic E-state index is 10.2. The molecule has 0 radical (unpaired) electrons. The number of rotatable bonds is 2. The number of hydrogen-bond acceptors (Lipinski definition) is 5. The smallest absolute Gasteiger partial charge is 0.431 e. The molecule has 6 heteroatoms. The summed E-state index contributed by atoms with van der Waals surface area (Å²) < 4.78 is 14.2. The normalized spacial score (nSPS) is 11.3. The summed E-state index contributed by atoms with van der Waals surface area (Å²) in [5, 5.41) is 16.2. The number of ether oxygens (including phenoxy) is 1. The third-order valence-corrected chi connectivity index (χ3v) is 1.53. The van der Waals surface area contributed by atoms with E-state index in [1.165, 1.54) is 0 Å². The largest absolute Gasteiger partial charge is 0.560 e. The predicted molar refractivity (Wildman–Crippen MR) is 28.2 cm³/mol. The van der Waals surface area contributed by atoms with Gasteiger partial charge < -0.3 is 14.9 Å². The molecule has 0 aromatic heterocycles. The van der Waals surface area contributed by atoms with Crippen LogP contribution < -0.4 is 0 Å². The van der Waals surface area contributed by atoms with Crippen LogP contribution in [-0.2, 0) is 9.30 Å². The fraction of sp³-hybridized carbons (Fsp3) is 0.667. The van der Waals surface area contributed by atoms with Gasteiger partial charge in [0.25, 0.3) is 0 Å². The average Bonchev–Trinajstić information content (AvgIpc) is 1.84. The van der Waals surface area contributed by atoms with Crippen molar-refractivity contribution in [2.75, 3.05) is 7.11 Å². The maximum atomic E-state index is 10.2. The lowest BCUT2D eigenvalue weighted by Crippen LogP contribution is -2.03. The molecule has 0 saturated heterocycles. The van der Waals surface area contributed by atoms with Gasteiger partial charge in [-0.25, -0.2) is 0 Å². The van der Waals surface area contributed by atoms with Gasteiger partial charge in [-0.15, -0.1) is 0 Å². The van der Waals surface area contributed by atoms with Crippen LogP contribution in [0.3, 0.4) is 0 Å². The molecule has 52 valence electrons. The first-order chi connectivity index (χ1) is 4.09. The average molecular weight is 153 g/mol. The minimum atomic E-state index is -2.70. The molecular weight excluding hydrogens is 147 g/mol. The number of carbonyl (C=O) groups excluding carboxylic acids is 1. The van der Waals surface area contributed by atoms with E-state index in [4.69, 9.17) is 10.2 Å². The van der Waals surface area contributed by atoms with Crippen LogP contribution in [0.5, 0.6) is 0 Å². The monoisotopic (exact) mass is 153 g/mol. The molecule has 0 aromatic rings. The van der Waals surface area contributed by atoms with Crippen LogP contribution in [0, 0.1) is 0 Å². The topological polar surface area (TPSA) is 83.8 Å². The molecule has 0 saturated carbocycles. The third kappa shape index (κ3) is 2.51. The minimum absolute atomic E-state index is 1.01. The van der Waals surface area contributed by atoms with E-state index in [1.54, 1.807) is 0 Å². The minimum Gasteiger partial charge on any atom is -0.431 e. The number of hydrogen-bond donors (Lipinski definition) is 2. The van der Waals surface area contributed by atoms with Gasteiger partial charge in [-0.2, -0.15) is 4.79 Å². The number of methoxy groups -OCH3 is 1. The Morgan fingerprint density at radius 2 is 2.11 bits per heavy atom. The molecule has 5 nitrogen and oxygen atoms in total. The van der Waals surface area contributed by atoms with Crippen molar-refractivity contribution in [1.82, 2.24) is 0 Å². The summed E-state index contributed by atoms with van der Waals surface area (Å²) in [5.74, 6) is 0. The van der Waals surface area contributed by atoms with Crippen molar-refractivity contribution in [1.29, 1.82) is 0 Å². The van der Waals surface area contributed by atoms with E-state index in [0.717, 1.165) is 7.11 Å². The molecule has 0 aromatic carbocycles. The molecule has 2 N–H and O–H groups in total. The molecule has 1 unspecified atom stereocenters. The van der Waals surface area contributed by atoms with Crippen molar-refractivity contribution in [3.8, 4) is 0 Å². The Kier molecular flexibility index (Phi) is 3.30. The standard InChI is InChI=1S/C3H6O5P/c1-8-3(6)9(7)2(4)5/h2,4-5H,1H3/q+1. The first-order valence-electron chi connectivity index (χ1n) is 2.00. The molecule has 0 amide bonds. The second-order valence-electron chi connectivity index (χ2n) is 1.14. The van der Waals surface area contributed by atoms with Gasteiger partial charge in [0, 0.05) is 0 Å². The second kappa shape index (κ2) is 3.50. The lowest BCUT2D eigenvalue weighted by molar-refractivity contribution is 0.0320. The fourth-order valence-corrected chi connectivity index (χ4v) is 0.553. The van der Waals surface area contributed by atoms with E-state index in [1.807, 2.05) is 0 Å². The Labute approximate surface area is 52.0 Å². The summed E-state index contributed by atoms with van der Waals surface area (Å²) >= 11 is 0. The highest BCUT2D eigenvalue weighted by Gasteiger charge is 2.37. The van der Waals surface area contributed by atoms with E-state index in [0.29, 0.717) is 0 Å². The lowest BCUT2D eigenvalue weighted by Gasteiger charge is -1.85. The molecule has 0 aliphatic rings. The Balaban J connectivity index is 3.89. The SMILES string of the molecule is COC(=O)[P+](=O)C(O)O. The Bertz CT molecular complexity index is 130. The zero-order valence-electron chi connectivity index (χ0n) is 4.64. The van der Waals surface area contributed by atoms with Gasteiger partial charge >= 0.3 is 19.5 Å². The quantitative estimate of drug-likeness (QED) is 0.425. The van der Waals surface area contributed by atoms with Crippen molar-refractivity contribution >= 4 is 13.5 Å².